The molecule has 0 spiro atoms. The molecule has 5 heteroatoms. The lowest BCUT2D eigenvalue weighted by Crippen LogP contribution is -2.23. The highest BCUT2D eigenvalue weighted by molar-refractivity contribution is 6.09. The highest BCUT2D eigenvalue weighted by Crippen LogP contribution is 2.31. The Balaban J connectivity index is 1.55. The standard InChI is InChI=1S/C19H19N3O2/c1-13(18-12-21(2)20-24-18)14-7-9-16(10-8-14)22-11-15-5-3-4-6-17(15)19(22)23/h3-10,12-13,20H,11H2,1-2H3. The number of nitrogens with zero attached hydrogens (tertiary/aromatic N) is 2. The highest BCUT2D eigenvalue weighted by Gasteiger charge is 2.28. The first-order valence-corrected chi connectivity index (χ1v) is 8.00. The lowest BCUT2D eigenvalue weighted by atomic mass is 9.99. The van der Waals surface area contributed by atoms with Crippen LogP contribution in [0.5, 0.6) is 0 Å². The van der Waals surface area contributed by atoms with Gasteiger partial charge in [0.05, 0.1) is 12.7 Å². The molecule has 0 saturated carbocycles. The number of carbonyl (C=O) groups excluding carboxylic acids is 1. The SMILES string of the molecule is CC(C1=CN(C)NO1)c1ccc(N2Cc3ccccc3C2=O)cc1. The van der Waals surface area contributed by atoms with Crippen LogP contribution in [0.25, 0.3) is 0 Å². The minimum Gasteiger partial charge on any atom is -0.391 e. The number of hydrazine groups is 1. The Kier molecular flexibility index (Phi) is 3.50. The molecule has 2 aromatic carbocycles. The third-order valence-corrected chi connectivity index (χ3v) is 4.58. The number of anilines is 1. The summed E-state index contributed by atoms with van der Waals surface area (Å²) in [7, 11) is 1.89. The maximum atomic E-state index is 12.5. The number of benzene rings is 2. The number of hydrogen-bond donors (Lipinski definition) is 1. The maximum Gasteiger partial charge on any atom is 0.258 e. The monoisotopic (exact) mass is 321 g/mol. The van der Waals surface area contributed by atoms with E-state index in [2.05, 4.69) is 24.6 Å². The van der Waals surface area contributed by atoms with Crippen LogP contribution >= 0.6 is 0 Å². The van der Waals surface area contributed by atoms with Crippen molar-refractivity contribution < 1.29 is 9.63 Å². The van der Waals surface area contributed by atoms with Crippen LogP contribution in [0.3, 0.4) is 0 Å². The van der Waals surface area contributed by atoms with E-state index in [4.69, 9.17) is 4.84 Å². The fourth-order valence-corrected chi connectivity index (χ4v) is 3.14. The molecule has 0 aliphatic carbocycles. The lowest BCUT2D eigenvalue weighted by Gasteiger charge is -2.17. The summed E-state index contributed by atoms with van der Waals surface area (Å²) in [4.78, 5) is 19.8. The second kappa shape index (κ2) is 5.69. The first-order valence-electron chi connectivity index (χ1n) is 8.00. The van der Waals surface area contributed by atoms with Crippen LogP contribution < -0.4 is 10.5 Å². The number of amides is 1. The number of carbonyl (C=O) groups is 1. The molecule has 0 bridgehead atoms. The molecular formula is C19H19N3O2. The van der Waals surface area contributed by atoms with Crippen molar-refractivity contribution in [3.63, 3.8) is 0 Å². The molecule has 24 heavy (non-hydrogen) atoms. The molecule has 4 rings (SSSR count). The fourth-order valence-electron chi connectivity index (χ4n) is 3.14. The van der Waals surface area contributed by atoms with E-state index in [1.807, 2.05) is 54.5 Å². The van der Waals surface area contributed by atoms with Gasteiger partial charge in [-0.25, -0.2) is 0 Å². The van der Waals surface area contributed by atoms with Crippen LogP contribution in [0.4, 0.5) is 5.69 Å². The summed E-state index contributed by atoms with van der Waals surface area (Å²) in [5.41, 5.74) is 6.73. The van der Waals surface area contributed by atoms with Crippen molar-refractivity contribution in [2.75, 3.05) is 11.9 Å². The second-order valence-electron chi connectivity index (χ2n) is 6.20. The summed E-state index contributed by atoms with van der Waals surface area (Å²) >= 11 is 0. The van der Waals surface area contributed by atoms with E-state index in [-0.39, 0.29) is 11.8 Å². The van der Waals surface area contributed by atoms with Gasteiger partial charge >= 0.3 is 0 Å². The van der Waals surface area contributed by atoms with Crippen molar-refractivity contribution in [2.24, 2.45) is 0 Å². The van der Waals surface area contributed by atoms with Crippen LogP contribution in [0.15, 0.2) is 60.5 Å². The van der Waals surface area contributed by atoms with Crippen molar-refractivity contribution in [3.8, 4) is 0 Å². The summed E-state index contributed by atoms with van der Waals surface area (Å²) in [6, 6.07) is 15.9. The van der Waals surface area contributed by atoms with E-state index in [9.17, 15) is 4.79 Å². The Morgan fingerprint density at radius 2 is 1.88 bits per heavy atom. The molecule has 2 aromatic rings. The largest absolute Gasteiger partial charge is 0.391 e. The van der Waals surface area contributed by atoms with Gasteiger partial charge in [0.2, 0.25) is 0 Å². The zero-order valence-electron chi connectivity index (χ0n) is 13.7. The average molecular weight is 321 g/mol. The predicted molar refractivity (Wildman–Crippen MR) is 91.9 cm³/mol. The van der Waals surface area contributed by atoms with E-state index in [1.165, 1.54) is 0 Å². The number of nitrogens with one attached hydrogen (secondary N) is 1. The smallest absolute Gasteiger partial charge is 0.258 e. The van der Waals surface area contributed by atoms with Gasteiger partial charge in [0.15, 0.2) is 5.76 Å². The van der Waals surface area contributed by atoms with Crippen LogP contribution in [-0.2, 0) is 11.4 Å². The van der Waals surface area contributed by atoms with Gasteiger partial charge in [-0.1, -0.05) is 42.8 Å². The topological polar surface area (TPSA) is 44.8 Å². The van der Waals surface area contributed by atoms with Crippen LogP contribution in [0.2, 0.25) is 0 Å². The summed E-state index contributed by atoms with van der Waals surface area (Å²) < 4.78 is 0. The van der Waals surface area contributed by atoms with Gasteiger partial charge in [-0.2, -0.15) is 0 Å². The van der Waals surface area contributed by atoms with Crippen LogP contribution in [0.1, 0.15) is 34.3 Å². The summed E-state index contributed by atoms with van der Waals surface area (Å²) in [6.07, 6.45) is 1.93. The average Bonchev–Trinajstić information content (AvgIpc) is 3.19. The molecule has 1 atom stereocenters. The third-order valence-electron chi connectivity index (χ3n) is 4.58. The molecule has 5 nitrogen and oxygen atoms in total. The van der Waals surface area contributed by atoms with E-state index in [0.717, 1.165) is 28.1 Å². The Morgan fingerprint density at radius 1 is 1.12 bits per heavy atom. The van der Waals surface area contributed by atoms with Gasteiger partial charge in [0.25, 0.3) is 5.91 Å². The van der Waals surface area contributed by atoms with Gasteiger partial charge in [-0.15, -0.1) is 0 Å². The molecule has 2 aliphatic rings. The van der Waals surface area contributed by atoms with Gasteiger partial charge in [-0.3, -0.25) is 9.80 Å². The summed E-state index contributed by atoms with van der Waals surface area (Å²) in [5, 5.41) is 1.78. The fraction of sp³-hybridized carbons (Fsp3) is 0.211. The normalized spacial score (nSPS) is 17.6. The Bertz CT molecular complexity index is 814. The number of fused-ring (bicyclic) bond motifs is 1. The maximum absolute atomic E-state index is 12.5. The van der Waals surface area contributed by atoms with E-state index >= 15 is 0 Å². The number of allylic oxidation sites excluding steroid dienone is 1. The van der Waals surface area contributed by atoms with Crippen LogP contribution in [-0.4, -0.2) is 18.0 Å². The quantitative estimate of drug-likeness (QED) is 0.943. The van der Waals surface area contributed by atoms with Crippen molar-refractivity contribution in [1.29, 1.82) is 0 Å². The van der Waals surface area contributed by atoms with Gasteiger partial charge in [0.1, 0.15) is 0 Å². The molecule has 0 aromatic heterocycles. The molecule has 0 saturated heterocycles. The Morgan fingerprint density at radius 3 is 2.54 bits per heavy atom. The zero-order valence-corrected chi connectivity index (χ0v) is 13.7. The van der Waals surface area contributed by atoms with E-state index in [0.29, 0.717) is 6.54 Å². The van der Waals surface area contributed by atoms with Crippen molar-refractivity contribution in [3.05, 3.63) is 77.2 Å². The predicted octanol–water partition coefficient (Wildman–Crippen LogP) is 3.17. The molecule has 122 valence electrons. The van der Waals surface area contributed by atoms with Gasteiger partial charge in [0, 0.05) is 24.2 Å². The molecule has 1 amide bonds. The van der Waals surface area contributed by atoms with Crippen LogP contribution in [0, 0.1) is 0 Å². The van der Waals surface area contributed by atoms with Gasteiger partial charge in [-0.05, 0) is 29.3 Å². The first-order chi connectivity index (χ1) is 11.6. The van der Waals surface area contributed by atoms with Gasteiger partial charge < -0.3 is 9.74 Å². The third kappa shape index (κ3) is 2.43. The Labute approximate surface area is 141 Å². The molecule has 2 heterocycles. The molecule has 0 fully saturated rings. The lowest BCUT2D eigenvalue weighted by molar-refractivity contribution is 0.0304. The number of hydrogen-bond acceptors (Lipinski definition) is 4. The summed E-state index contributed by atoms with van der Waals surface area (Å²) in [6.45, 7) is 2.73. The first kappa shape index (κ1) is 14.8. The minimum absolute atomic E-state index is 0.0686. The Hall–Kier alpha value is -2.79. The zero-order chi connectivity index (χ0) is 16.7. The molecule has 0 radical (unpaired) electrons. The van der Waals surface area contributed by atoms with Crippen molar-refractivity contribution in [2.45, 2.75) is 19.4 Å². The van der Waals surface area contributed by atoms with Crippen molar-refractivity contribution in [1.82, 2.24) is 10.6 Å². The molecule has 1 N–H and O–H groups in total. The van der Waals surface area contributed by atoms with Crippen molar-refractivity contribution >= 4 is 11.6 Å². The number of rotatable bonds is 3. The molecule has 2 aliphatic heterocycles. The molecule has 1 unspecified atom stereocenters. The minimum atomic E-state index is 0.0686. The molecular weight excluding hydrogens is 302 g/mol. The summed E-state index contributed by atoms with van der Waals surface area (Å²) in [5.74, 6) is 1.08. The van der Waals surface area contributed by atoms with E-state index in [1.54, 1.807) is 5.01 Å². The van der Waals surface area contributed by atoms with E-state index < -0.39 is 0 Å². The highest BCUT2D eigenvalue weighted by atomic mass is 16.7. The second-order valence-corrected chi connectivity index (χ2v) is 6.20.